The molecule has 0 unspecified atom stereocenters. The summed E-state index contributed by atoms with van der Waals surface area (Å²) < 4.78 is 0. The summed E-state index contributed by atoms with van der Waals surface area (Å²) in [6, 6.07) is 43.0. The third-order valence-corrected chi connectivity index (χ3v) is 15.7. The summed E-state index contributed by atoms with van der Waals surface area (Å²) in [5.74, 6) is 1.04. The molecule has 432 valence electrons. The number of rotatable bonds is 3. The van der Waals surface area contributed by atoms with Crippen molar-refractivity contribution < 1.29 is 46.6 Å². The Morgan fingerprint density at radius 1 is 0.296 bits per heavy atom. The Kier molecular flexibility index (Phi) is 19.0. The molecule has 0 aliphatic carbocycles. The molecule has 0 heterocycles. The van der Waals surface area contributed by atoms with Gasteiger partial charge in [0.05, 0.1) is 0 Å². The molecule has 0 atom stereocenters. The van der Waals surface area contributed by atoms with Gasteiger partial charge in [0.2, 0.25) is 0 Å². The third-order valence-electron chi connectivity index (χ3n) is 15.7. The number of benzene rings is 7. The van der Waals surface area contributed by atoms with E-state index in [0.29, 0.717) is 22.3 Å². The molecular weight excluding hydrogens is 1070 g/mol. The van der Waals surface area contributed by atoms with E-state index in [1.54, 1.807) is 0 Å². The fraction of sp³-hybridized carbons (Fsp3) is 0.434. The predicted octanol–water partition coefficient (Wildman–Crippen LogP) is 21.6. The normalized spacial score (nSPS) is 12.9. The number of aromatic hydroxyl groups is 4. The molecule has 8 rings (SSSR count). The van der Waals surface area contributed by atoms with Crippen LogP contribution in [0.15, 0.2) is 121 Å². The molecule has 4 nitrogen and oxygen atoms in total. The zero-order chi connectivity index (χ0) is 60.4. The van der Waals surface area contributed by atoms with Crippen LogP contribution in [-0.4, -0.2) is 20.4 Å². The van der Waals surface area contributed by atoms with E-state index in [-0.39, 0.29) is 92.5 Å². The van der Waals surface area contributed by atoms with Crippen molar-refractivity contribution in [3.8, 4) is 56.4 Å². The van der Waals surface area contributed by atoms with E-state index in [1.165, 1.54) is 38.2 Å². The van der Waals surface area contributed by atoms with Crippen LogP contribution in [0.4, 0.5) is 0 Å². The van der Waals surface area contributed by atoms with E-state index < -0.39 is 0 Å². The van der Waals surface area contributed by atoms with Crippen LogP contribution < -0.4 is 0 Å². The summed E-state index contributed by atoms with van der Waals surface area (Å²) in [5, 5.41) is 50.7. The smallest absolute Gasteiger partial charge is 0.127 e. The summed E-state index contributed by atoms with van der Waals surface area (Å²) in [6.45, 7) is 53.7. The second kappa shape index (κ2) is 23.3. The number of fused-ring (bicyclic) bond motifs is 2. The Bertz CT molecular complexity index is 3190. The van der Waals surface area contributed by atoms with Crippen molar-refractivity contribution in [2.45, 2.75) is 216 Å². The van der Waals surface area contributed by atoms with Gasteiger partial charge in [0, 0.05) is 70.7 Å². The van der Waals surface area contributed by atoms with Gasteiger partial charge in [0.1, 0.15) is 23.0 Å². The van der Waals surface area contributed by atoms with Crippen molar-refractivity contribution in [1.29, 1.82) is 0 Å². The van der Waals surface area contributed by atoms with Gasteiger partial charge < -0.3 is 20.4 Å². The van der Waals surface area contributed by atoms with E-state index in [9.17, 15) is 20.4 Å². The average Bonchev–Trinajstić information content (AvgIpc) is 3.79. The minimum absolute atomic E-state index is 0. The summed E-state index contributed by atoms with van der Waals surface area (Å²) >= 11 is 0. The maximum Gasteiger partial charge on any atom is 0.127 e. The summed E-state index contributed by atoms with van der Waals surface area (Å²) in [4.78, 5) is 0. The Morgan fingerprint density at radius 3 is 0.864 bits per heavy atom. The van der Waals surface area contributed by atoms with Crippen molar-refractivity contribution in [3.63, 3.8) is 0 Å². The SMILES string of the molecule is CC(C)(C)c1cc(-c2cc(C(C)(C)C)cc(C(C)(C)C)c2O)c(O)c(C(C)(C)C)c1.CC(C)(C)c1cc(-c2cc(C(C)(C)C)cc(C(C)(C)C)c2O)c(O)c(C(C)(C)C)c1.Cc1cc(-c2cc3ccccc3[cH-]2)c2ccccc2c1.[Zr]. The van der Waals surface area contributed by atoms with Gasteiger partial charge in [-0.25, -0.2) is 0 Å². The summed E-state index contributed by atoms with van der Waals surface area (Å²) in [6.07, 6.45) is 0. The molecule has 0 radical (unpaired) electrons. The molecule has 0 saturated carbocycles. The first-order valence-electron chi connectivity index (χ1n) is 29.0. The molecule has 0 amide bonds. The fourth-order valence-corrected chi connectivity index (χ4v) is 10.4. The standard InChI is InChI=1S/2C28H42O2.C20H15.Zr/c2*1-25(2,3)17-13-19(23(29)21(15-17)27(7,8)9)20-14-18(26(4,5)6)16-22(24(20)30)28(10,11)12;1-14-10-17-8-4-5-9-19(17)20(11-14)18-12-15-6-2-3-7-16(15)13-18;/h2*13-16,29-30H,1-12H3;2-13H,1H3;/q;;-1;. The summed E-state index contributed by atoms with van der Waals surface area (Å²) in [7, 11) is 0. The number of aryl methyl sites for hydroxylation is 1. The maximum absolute atomic E-state index is 11.4. The molecular formula is C76H99O4Zr-. The average molecular weight is 1170 g/mol. The topological polar surface area (TPSA) is 80.9 Å². The van der Waals surface area contributed by atoms with Gasteiger partial charge in [0.15, 0.2) is 0 Å². The van der Waals surface area contributed by atoms with Crippen molar-refractivity contribution in [2.24, 2.45) is 0 Å². The molecule has 0 aliphatic rings. The third kappa shape index (κ3) is 15.2. The molecule has 0 fully saturated rings. The number of hydrogen-bond acceptors (Lipinski definition) is 4. The monoisotopic (exact) mass is 1170 g/mol. The largest absolute Gasteiger partial charge is 0.507 e. The maximum atomic E-state index is 11.4. The van der Waals surface area contributed by atoms with E-state index >= 15 is 0 Å². The summed E-state index contributed by atoms with van der Waals surface area (Å²) in [5.41, 5.74) is 13.8. The molecule has 8 aromatic rings. The van der Waals surface area contributed by atoms with Gasteiger partial charge in [-0.1, -0.05) is 256 Å². The first-order valence-corrected chi connectivity index (χ1v) is 29.0. The van der Waals surface area contributed by atoms with E-state index in [1.807, 2.05) is 0 Å². The van der Waals surface area contributed by atoms with Gasteiger partial charge in [-0.05, 0) is 108 Å². The van der Waals surface area contributed by atoms with Crippen LogP contribution in [0, 0.1) is 6.92 Å². The van der Waals surface area contributed by atoms with Crippen LogP contribution in [0.1, 0.15) is 216 Å². The molecule has 0 saturated heterocycles. The molecule has 4 N–H and O–H groups in total. The van der Waals surface area contributed by atoms with Crippen molar-refractivity contribution in [2.75, 3.05) is 0 Å². The van der Waals surface area contributed by atoms with Crippen LogP contribution in [0.2, 0.25) is 0 Å². The first-order chi connectivity index (χ1) is 36.3. The van der Waals surface area contributed by atoms with E-state index in [4.69, 9.17) is 0 Å². The zero-order valence-electron chi connectivity index (χ0n) is 54.3. The van der Waals surface area contributed by atoms with Crippen molar-refractivity contribution in [3.05, 3.63) is 171 Å². The molecule has 8 aromatic carbocycles. The number of phenols is 4. The van der Waals surface area contributed by atoms with Crippen molar-refractivity contribution in [1.82, 2.24) is 0 Å². The molecule has 81 heavy (non-hydrogen) atoms. The zero-order valence-corrected chi connectivity index (χ0v) is 56.8. The first kappa shape index (κ1) is 66.3. The van der Waals surface area contributed by atoms with Gasteiger partial charge in [-0.15, -0.1) is 34.5 Å². The Morgan fingerprint density at radius 2 is 0.580 bits per heavy atom. The van der Waals surface area contributed by atoms with E-state index in [0.717, 1.165) is 44.5 Å². The van der Waals surface area contributed by atoms with Crippen LogP contribution in [0.5, 0.6) is 23.0 Å². The number of phenolic OH excluding ortho intramolecular Hbond substituents is 4. The Balaban J connectivity index is 0.000000226. The Labute approximate surface area is 509 Å². The van der Waals surface area contributed by atoms with Crippen molar-refractivity contribution >= 4 is 21.5 Å². The van der Waals surface area contributed by atoms with Gasteiger partial charge in [0.25, 0.3) is 0 Å². The fourth-order valence-electron chi connectivity index (χ4n) is 10.4. The molecule has 0 aromatic heterocycles. The van der Waals surface area contributed by atoms with E-state index in [2.05, 4.69) is 294 Å². The van der Waals surface area contributed by atoms with Gasteiger partial charge >= 0.3 is 0 Å². The van der Waals surface area contributed by atoms with Crippen LogP contribution in [0.25, 0.3) is 54.9 Å². The minimum atomic E-state index is -0.218. The van der Waals surface area contributed by atoms with Crippen LogP contribution >= 0.6 is 0 Å². The Hall–Kier alpha value is -5.51. The number of hydrogen-bond donors (Lipinski definition) is 4. The predicted molar refractivity (Wildman–Crippen MR) is 347 cm³/mol. The van der Waals surface area contributed by atoms with Gasteiger partial charge in [-0.2, -0.15) is 0 Å². The van der Waals surface area contributed by atoms with Gasteiger partial charge in [-0.3, -0.25) is 0 Å². The molecule has 0 bridgehead atoms. The van der Waals surface area contributed by atoms with Crippen LogP contribution in [-0.2, 0) is 69.5 Å². The minimum Gasteiger partial charge on any atom is -0.507 e. The molecule has 5 heteroatoms. The second-order valence-corrected chi connectivity index (χ2v) is 31.1. The quantitative estimate of drug-likeness (QED) is 0.133. The molecule has 0 spiro atoms. The second-order valence-electron chi connectivity index (χ2n) is 31.1. The molecule has 0 aliphatic heterocycles. The van der Waals surface area contributed by atoms with Crippen LogP contribution in [0.3, 0.4) is 0 Å².